The SMILES string of the molecule is C/C=C(/Cl)SCCN(Cc1cc(OC)cc(OC)c1)C(=O)c1ccccc1-n1cccc1. The lowest BCUT2D eigenvalue weighted by Crippen LogP contribution is -2.33. The number of thioether (sulfide) groups is 1. The second kappa shape index (κ2) is 11.7. The van der Waals surface area contributed by atoms with Crippen LogP contribution in [0.1, 0.15) is 22.8 Å². The molecule has 0 spiro atoms. The number of para-hydroxylation sites is 1. The Hall–Kier alpha value is -2.83. The summed E-state index contributed by atoms with van der Waals surface area (Å²) in [4.78, 5) is 15.5. The summed E-state index contributed by atoms with van der Waals surface area (Å²) in [6.07, 6.45) is 5.72. The van der Waals surface area contributed by atoms with Gasteiger partial charge in [0.25, 0.3) is 5.91 Å². The first-order valence-electron chi connectivity index (χ1n) is 10.2. The molecule has 3 rings (SSSR count). The van der Waals surface area contributed by atoms with Crippen molar-refractivity contribution in [3.63, 3.8) is 0 Å². The number of carbonyl (C=O) groups is 1. The molecule has 0 aliphatic carbocycles. The molecule has 0 unspecified atom stereocenters. The Morgan fingerprint density at radius 2 is 1.72 bits per heavy atom. The van der Waals surface area contributed by atoms with Gasteiger partial charge in [-0.2, -0.15) is 0 Å². The summed E-state index contributed by atoms with van der Waals surface area (Å²) in [5.74, 6) is 2.01. The quantitative estimate of drug-likeness (QED) is 0.366. The molecule has 7 heteroatoms. The zero-order valence-electron chi connectivity index (χ0n) is 18.5. The van der Waals surface area contributed by atoms with E-state index >= 15 is 0 Å². The molecule has 0 aliphatic rings. The van der Waals surface area contributed by atoms with E-state index in [1.165, 1.54) is 11.8 Å². The van der Waals surface area contributed by atoms with Crippen molar-refractivity contribution < 1.29 is 14.3 Å². The highest BCUT2D eigenvalue weighted by molar-refractivity contribution is 8.04. The second-order valence-corrected chi connectivity index (χ2v) is 8.76. The van der Waals surface area contributed by atoms with Crippen molar-refractivity contribution in [2.24, 2.45) is 0 Å². The summed E-state index contributed by atoms with van der Waals surface area (Å²) < 4.78 is 13.5. The number of nitrogens with zero attached hydrogens (tertiary/aromatic N) is 2. The van der Waals surface area contributed by atoms with E-state index < -0.39 is 0 Å². The fourth-order valence-electron chi connectivity index (χ4n) is 3.31. The predicted octanol–water partition coefficient (Wildman–Crippen LogP) is 5.97. The summed E-state index contributed by atoms with van der Waals surface area (Å²) in [7, 11) is 3.23. The van der Waals surface area contributed by atoms with Gasteiger partial charge in [0, 0.05) is 37.3 Å². The molecule has 5 nitrogen and oxygen atoms in total. The smallest absolute Gasteiger partial charge is 0.256 e. The molecule has 0 atom stereocenters. The number of ether oxygens (including phenoxy) is 2. The first kappa shape index (κ1) is 23.8. The van der Waals surface area contributed by atoms with Crippen molar-refractivity contribution in [1.82, 2.24) is 9.47 Å². The van der Waals surface area contributed by atoms with Gasteiger partial charge in [0.2, 0.25) is 0 Å². The Balaban J connectivity index is 1.92. The molecular weight excluding hydrogens is 444 g/mol. The topological polar surface area (TPSA) is 43.7 Å². The normalized spacial score (nSPS) is 11.3. The van der Waals surface area contributed by atoms with Gasteiger partial charge < -0.3 is 18.9 Å². The Kier molecular flexibility index (Phi) is 8.71. The lowest BCUT2D eigenvalue weighted by atomic mass is 10.1. The van der Waals surface area contributed by atoms with Crippen LogP contribution in [0.2, 0.25) is 0 Å². The Morgan fingerprint density at radius 1 is 1.06 bits per heavy atom. The summed E-state index contributed by atoms with van der Waals surface area (Å²) in [6.45, 7) is 2.85. The number of halogens is 1. The molecule has 2 aromatic carbocycles. The number of amides is 1. The number of hydrogen-bond acceptors (Lipinski definition) is 4. The highest BCUT2D eigenvalue weighted by Crippen LogP contribution is 2.26. The lowest BCUT2D eigenvalue weighted by molar-refractivity contribution is 0.0754. The van der Waals surface area contributed by atoms with E-state index in [0.29, 0.717) is 40.3 Å². The van der Waals surface area contributed by atoms with Gasteiger partial charge in [0.1, 0.15) is 11.5 Å². The highest BCUT2D eigenvalue weighted by atomic mass is 35.5. The molecule has 0 N–H and O–H groups in total. The molecule has 1 amide bonds. The molecule has 0 saturated carbocycles. The first-order chi connectivity index (χ1) is 15.5. The standard InChI is InChI=1S/C25H27ClN2O3S/c1-4-24(26)32-14-13-28(18-19-15-20(30-2)17-21(16-19)31-3)25(29)22-9-5-6-10-23(22)27-11-7-8-12-27/h4-12,15-17H,13-14,18H2,1-3H3/b24-4-. The molecule has 0 fully saturated rings. The monoisotopic (exact) mass is 470 g/mol. The van der Waals surface area contributed by atoms with Crippen LogP contribution in [0, 0.1) is 0 Å². The second-order valence-electron chi connectivity index (χ2n) is 7.00. The minimum atomic E-state index is -0.0479. The summed E-state index contributed by atoms with van der Waals surface area (Å²) >= 11 is 7.68. The minimum absolute atomic E-state index is 0.0479. The maximum atomic E-state index is 13.7. The van der Waals surface area contributed by atoms with Crippen molar-refractivity contribution in [3.05, 3.63) is 88.6 Å². The van der Waals surface area contributed by atoms with E-state index in [4.69, 9.17) is 21.1 Å². The van der Waals surface area contributed by atoms with E-state index in [2.05, 4.69) is 0 Å². The van der Waals surface area contributed by atoms with E-state index in [9.17, 15) is 4.79 Å². The molecule has 0 saturated heterocycles. The van der Waals surface area contributed by atoms with Crippen LogP contribution in [-0.2, 0) is 6.54 Å². The van der Waals surface area contributed by atoms with Gasteiger partial charge in [-0.1, -0.05) is 29.8 Å². The van der Waals surface area contributed by atoms with Crippen molar-refractivity contribution in [1.29, 1.82) is 0 Å². The van der Waals surface area contributed by atoms with Crippen LogP contribution in [0.15, 0.2) is 77.4 Å². The number of hydrogen-bond donors (Lipinski definition) is 0. The number of aromatic nitrogens is 1. The Morgan fingerprint density at radius 3 is 2.34 bits per heavy atom. The van der Waals surface area contributed by atoms with Gasteiger partial charge in [-0.05, 0) is 48.9 Å². The molecule has 1 heterocycles. The van der Waals surface area contributed by atoms with Gasteiger partial charge in [0.15, 0.2) is 0 Å². The zero-order valence-corrected chi connectivity index (χ0v) is 20.0. The largest absolute Gasteiger partial charge is 0.497 e. The van der Waals surface area contributed by atoms with Crippen LogP contribution >= 0.6 is 23.4 Å². The van der Waals surface area contributed by atoms with Crippen LogP contribution in [0.4, 0.5) is 0 Å². The Labute approximate surface area is 198 Å². The van der Waals surface area contributed by atoms with E-state index in [-0.39, 0.29) is 5.91 Å². The van der Waals surface area contributed by atoms with E-state index in [1.54, 1.807) is 14.2 Å². The van der Waals surface area contributed by atoms with Gasteiger partial charge in [-0.25, -0.2) is 0 Å². The van der Waals surface area contributed by atoms with Gasteiger partial charge in [-0.15, -0.1) is 11.8 Å². The zero-order chi connectivity index (χ0) is 22.9. The van der Waals surface area contributed by atoms with Gasteiger partial charge in [0.05, 0.1) is 29.8 Å². The van der Waals surface area contributed by atoms with Crippen LogP contribution in [0.25, 0.3) is 5.69 Å². The molecule has 1 aromatic heterocycles. The molecule has 0 radical (unpaired) electrons. The van der Waals surface area contributed by atoms with Gasteiger partial charge in [-0.3, -0.25) is 4.79 Å². The van der Waals surface area contributed by atoms with Crippen molar-refractivity contribution in [2.45, 2.75) is 13.5 Å². The van der Waals surface area contributed by atoms with E-state index in [0.717, 1.165) is 11.3 Å². The molecule has 0 bridgehead atoms. The molecular formula is C25H27ClN2O3S. The number of rotatable bonds is 10. The van der Waals surface area contributed by atoms with Gasteiger partial charge >= 0.3 is 0 Å². The number of carbonyl (C=O) groups excluding carboxylic acids is 1. The number of allylic oxidation sites excluding steroid dienone is 1. The first-order valence-corrected chi connectivity index (χ1v) is 11.6. The highest BCUT2D eigenvalue weighted by Gasteiger charge is 2.20. The average molecular weight is 471 g/mol. The van der Waals surface area contributed by atoms with Crippen LogP contribution in [-0.4, -0.2) is 41.9 Å². The molecule has 32 heavy (non-hydrogen) atoms. The van der Waals surface area contributed by atoms with Crippen molar-refractivity contribution in [2.75, 3.05) is 26.5 Å². The van der Waals surface area contributed by atoms with Crippen molar-refractivity contribution in [3.8, 4) is 17.2 Å². The number of methoxy groups -OCH3 is 2. The van der Waals surface area contributed by atoms with Crippen LogP contribution in [0.3, 0.4) is 0 Å². The number of benzene rings is 2. The Bertz CT molecular complexity index is 1040. The molecule has 0 aliphatic heterocycles. The van der Waals surface area contributed by atoms with Crippen LogP contribution in [0.5, 0.6) is 11.5 Å². The van der Waals surface area contributed by atoms with Crippen molar-refractivity contribution >= 4 is 29.3 Å². The summed E-state index contributed by atoms with van der Waals surface area (Å²) in [5, 5.41) is 0. The summed E-state index contributed by atoms with van der Waals surface area (Å²) in [6, 6.07) is 17.2. The minimum Gasteiger partial charge on any atom is -0.497 e. The third-order valence-electron chi connectivity index (χ3n) is 4.92. The maximum Gasteiger partial charge on any atom is 0.256 e. The van der Waals surface area contributed by atoms with E-state index in [1.807, 2.05) is 89.5 Å². The third kappa shape index (κ3) is 6.11. The average Bonchev–Trinajstić information content (AvgIpc) is 3.37. The predicted molar refractivity (Wildman–Crippen MR) is 132 cm³/mol. The fourth-order valence-corrected chi connectivity index (χ4v) is 4.22. The van der Waals surface area contributed by atoms with Crippen LogP contribution < -0.4 is 9.47 Å². The maximum absolute atomic E-state index is 13.7. The third-order valence-corrected chi connectivity index (χ3v) is 6.36. The molecule has 168 valence electrons. The lowest BCUT2D eigenvalue weighted by Gasteiger charge is -2.24. The molecule has 3 aromatic rings. The fraction of sp³-hybridized carbons (Fsp3) is 0.240. The summed E-state index contributed by atoms with van der Waals surface area (Å²) in [5.41, 5.74) is 2.41.